The lowest BCUT2D eigenvalue weighted by atomic mass is 9.94. The number of epoxide rings is 1. The van der Waals surface area contributed by atoms with Crippen molar-refractivity contribution >= 4 is 0 Å². The van der Waals surface area contributed by atoms with E-state index in [1.165, 1.54) is 44.9 Å². The quantitative estimate of drug-likeness (QED) is 0.446. The van der Waals surface area contributed by atoms with Gasteiger partial charge in [-0.05, 0) is 50.4 Å². The van der Waals surface area contributed by atoms with Crippen LogP contribution in [0.4, 0.5) is 0 Å². The SMILES string of the molecule is C1=C2CC3OC3C2CCCC2CC2CCC1. The van der Waals surface area contributed by atoms with Crippen LogP contribution in [-0.4, -0.2) is 12.2 Å². The Morgan fingerprint density at radius 3 is 2.88 bits per heavy atom. The zero-order valence-electron chi connectivity index (χ0n) is 10.0. The Kier molecular flexibility index (Phi) is 2.18. The van der Waals surface area contributed by atoms with Crippen LogP contribution in [0.5, 0.6) is 0 Å². The van der Waals surface area contributed by atoms with E-state index in [0.29, 0.717) is 12.2 Å². The topological polar surface area (TPSA) is 12.5 Å². The van der Waals surface area contributed by atoms with E-state index < -0.39 is 0 Å². The molecule has 4 rings (SSSR count). The van der Waals surface area contributed by atoms with Crippen molar-refractivity contribution < 1.29 is 4.74 Å². The van der Waals surface area contributed by atoms with E-state index in [1.807, 2.05) is 0 Å². The summed E-state index contributed by atoms with van der Waals surface area (Å²) in [5, 5.41) is 0. The number of allylic oxidation sites excluding steroid dienone is 1. The molecule has 1 saturated heterocycles. The molecular formula is C15H22O. The van der Waals surface area contributed by atoms with Crippen LogP contribution in [0.15, 0.2) is 11.6 Å². The van der Waals surface area contributed by atoms with Crippen molar-refractivity contribution in [2.45, 2.75) is 63.6 Å². The van der Waals surface area contributed by atoms with Gasteiger partial charge in [-0.2, -0.15) is 0 Å². The molecule has 0 aromatic rings. The van der Waals surface area contributed by atoms with Crippen LogP contribution in [0.2, 0.25) is 0 Å². The molecule has 0 aromatic heterocycles. The van der Waals surface area contributed by atoms with Crippen molar-refractivity contribution in [1.82, 2.24) is 0 Å². The van der Waals surface area contributed by atoms with E-state index in [4.69, 9.17) is 4.74 Å². The fraction of sp³-hybridized carbons (Fsp3) is 0.867. The number of ether oxygens (including phenoxy) is 1. The first-order valence-corrected chi connectivity index (χ1v) is 7.26. The van der Waals surface area contributed by atoms with Gasteiger partial charge >= 0.3 is 0 Å². The summed E-state index contributed by atoms with van der Waals surface area (Å²) in [6, 6.07) is 0. The Morgan fingerprint density at radius 1 is 1.06 bits per heavy atom. The summed E-state index contributed by atoms with van der Waals surface area (Å²) in [5.41, 5.74) is 1.76. The molecule has 4 aliphatic rings. The van der Waals surface area contributed by atoms with Gasteiger partial charge in [-0.15, -0.1) is 0 Å². The first kappa shape index (κ1) is 9.70. The molecule has 1 heteroatoms. The molecule has 0 radical (unpaired) electrons. The Balaban J connectivity index is 1.47. The number of hydrogen-bond donors (Lipinski definition) is 0. The van der Waals surface area contributed by atoms with Crippen molar-refractivity contribution in [3.63, 3.8) is 0 Å². The molecule has 1 aliphatic heterocycles. The lowest BCUT2D eigenvalue weighted by molar-refractivity contribution is 0.293. The average Bonchev–Trinajstić information content (AvgIpc) is 3.15. The van der Waals surface area contributed by atoms with E-state index >= 15 is 0 Å². The summed E-state index contributed by atoms with van der Waals surface area (Å²) < 4.78 is 5.72. The third-order valence-corrected chi connectivity index (χ3v) is 5.28. The van der Waals surface area contributed by atoms with Crippen LogP contribution in [0, 0.1) is 17.8 Å². The molecule has 0 spiro atoms. The highest BCUT2D eigenvalue weighted by Gasteiger charge is 2.52. The van der Waals surface area contributed by atoms with Gasteiger partial charge in [0.05, 0.1) is 12.2 Å². The summed E-state index contributed by atoms with van der Waals surface area (Å²) in [7, 11) is 0. The minimum absolute atomic E-state index is 0.632. The Hall–Kier alpha value is -0.300. The van der Waals surface area contributed by atoms with Crippen LogP contribution in [-0.2, 0) is 4.74 Å². The van der Waals surface area contributed by atoms with Crippen LogP contribution < -0.4 is 0 Å². The highest BCUT2D eigenvalue weighted by atomic mass is 16.6. The molecule has 5 atom stereocenters. The van der Waals surface area contributed by atoms with E-state index in [-0.39, 0.29) is 0 Å². The largest absolute Gasteiger partial charge is 0.369 e. The molecule has 2 saturated carbocycles. The number of fused-ring (bicyclic) bond motifs is 4. The first-order chi connectivity index (χ1) is 7.92. The van der Waals surface area contributed by atoms with Crippen LogP contribution in [0.3, 0.4) is 0 Å². The molecule has 3 aliphatic carbocycles. The maximum Gasteiger partial charge on any atom is 0.0910 e. The zero-order chi connectivity index (χ0) is 10.5. The van der Waals surface area contributed by atoms with E-state index in [2.05, 4.69) is 6.08 Å². The molecule has 5 unspecified atom stereocenters. The van der Waals surface area contributed by atoms with Crippen molar-refractivity contribution in [2.24, 2.45) is 17.8 Å². The number of hydrogen-bond acceptors (Lipinski definition) is 1. The molecule has 88 valence electrons. The van der Waals surface area contributed by atoms with Crippen LogP contribution >= 0.6 is 0 Å². The summed E-state index contributed by atoms with van der Waals surface area (Å²) >= 11 is 0. The summed E-state index contributed by atoms with van der Waals surface area (Å²) in [4.78, 5) is 0. The second kappa shape index (κ2) is 3.60. The van der Waals surface area contributed by atoms with Crippen LogP contribution in [0.25, 0.3) is 0 Å². The van der Waals surface area contributed by atoms with Gasteiger partial charge in [0, 0.05) is 5.92 Å². The molecule has 0 amide bonds. The summed E-state index contributed by atoms with van der Waals surface area (Å²) in [5.74, 6) is 3.04. The fourth-order valence-electron chi connectivity index (χ4n) is 4.14. The van der Waals surface area contributed by atoms with Gasteiger partial charge in [-0.3, -0.25) is 0 Å². The zero-order valence-corrected chi connectivity index (χ0v) is 10.0. The standard InChI is InChI=1S/C15H22O/c1-2-5-12-9-14-15(16-14)13(12)7-3-6-11-8-10(11)4-1/h5,10-11,13-15H,1-4,6-9H2. The van der Waals surface area contributed by atoms with Gasteiger partial charge in [0.2, 0.25) is 0 Å². The third kappa shape index (κ3) is 1.64. The Labute approximate surface area is 98.2 Å². The molecule has 0 bridgehead atoms. The molecule has 0 aromatic carbocycles. The highest BCUT2D eigenvalue weighted by molar-refractivity contribution is 5.23. The maximum absolute atomic E-state index is 5.72. The van der Waals surface area contributed by atoms with E-state index in [9.17, 15) is 0 Å². The van der Waals surface area contributed by atoms with Crippen molar-refractivity contribution in [2.75, 3.05) is 0 Å². The number of rotatable bonds is 0. The first-order valence-electron chi connectivity index (χ1n) is 7.26. The van der Waals surface area contributed by atoms with E-state index in [1.54, 1.807) is 12.0 Å². The lowest BCUT2D eigenvalue weighted by Gasteiger charge is -2.14. The Morgan fingerprint density at radius 2 is 1.94 bits per heavy atom. The van der Waals surface area contributed by atoms with Crippen molar-refractivity contribution in [3.05, 3.63) is 11.6 Å². The molecule has 16 heavy (non-hydrogen) atoms. The van der Waals surface area contributed by atoms with Gasteiger partial charge in [0.1, 0.15) is 0 Å². The average molecular weight is 218 g/mol. The van der Waals surface area contributed by atoms with Gasteiger partial charge in [-0.1, -0.05) is 24.5 Å². The smallest absolute Gasteiger partial charge is 0.0910 e. The van der Waals surface area contributed by atoms with Gasteiger partial charge in [-0.25, -0.2) is 0 Å². The predicted octanol–water partition coefficient (Wildman–Crippen LogP) is 3.69. The molecular weight excluding hydrogens is 196 g/mol. The van der Waals surface area contributed by atoms with Gasteiger partial charge < -0.3 is 4.74 Å². The lowest BCUT2D eigenvalue weighted by Crippen LogP contribution is -2.06. The minimum atomic E-state index is 0.632. The van der Waals surface area contributed by atoms with E-state index in [0.717, 1.165) is 17.8 Å². The minimum Gasteiger partial charge on any atom is -0.369 e. The second-order valence-electron chi connectivity index (χ2n) is 6.35. The predicted molar refractivity (Wildman–Crippen MR) is 64.2 cm³/mol. The summed E-state index contributed by atoms with van der Waals surface area (Å²) in [6.45, 7) is 0. The molecule has 3 fully saturated rings. The van der Waals surface area contributed by atoms with Crippen LogP contribution in [0.1, 0.15) is 51.4 Å². The normalized spacial score (nSPS) is 50.5. The summed E-state index contributed by atoms with van der Waals surface area (Å²) in [6.07, 6.45) is 15.3. The molecule has 1 nitrogen and oxygen atoms in total. The van der Waals surface area contributed by atoms with Crippen molar-refractivity contribution in [3.8, 4) is 0 Å². The highest BCUT2D eigenvalue weighted by Crippen LogP contribution is 2.51. The van der Waals surface area contributed by atoms with Crippen molar-refractivity contribution in [1.29, 1.82) is 0 Å². The molecule has 1 heterocycles. The third-order valence-electron chi connectivity index (χ3n) is 5.28. The maximum atomic E-state index is 5.72. The fourth-order valence-corrected chi connectivity index (χ4v) is 4.14. The second-order valence-corrected chi connectivity index (χ2v) is 6.35. The molecule has 0 N–H and O–H groups in total. The van der Waals surface area contributed by atoms with Gasteiger partial charge in [0.15, 0.2) is 0 Å². The monoisotopic (exact) mass is 218 g/mol. The Bertz CT molecular complexity index is 319. The van der Waals surface area contributed by atoms with Gasteiger partial charge in [0.25, 0.3) is 0 Å².